The van der Waals surface area contributed by atoms with E-state index in [1.54, 1.807) is 0 Å². The van der Waals surface area contributed by atoms with Crippen molar-refractivity contribution in [1.82, 2.24) is 4.98 Å². The molecule has 22 heavy (non-hydrogen) atoms. The van der Waals surface area contributed by atoms with Gasteiger partial charge in [-0.15, -0.1) is 11.3 Å². The fraction of sp³-hybridized carbons (Fsp3) is 0.389. The Hall–Kier alpha value is -1.99. The molecule has 3 rings (SSSR count). The van der Waals surface area contributed by atoms with Gasteiger partial charge in [-0.25, -0.2) is 0 Å². The van der Waals surface area contributed by atoms with Crippen molar-refractivity contribution in [3.8, 4) is 5.75 Å². The average molecular weight is 313 g/mol. The summed E-state index contributed by atoms with van der Waals surface area (Å²) in [5.74, 6) is 0.780. The SMILES string of the molecule is C=c1[nH]c(=O)/c(=C/c2c#cc(OC3CCCCC3)c(C)c2)s1. The molecule has 1 heterocycles. The van der Waals surface area contributed by atoms with Gasteiger partial charge in [-0.05, 0) is 50.8 Å². The summed E-state index contributed by atoms with van der Waals surface area (Å²) in [6.07, 6.45) is 8.16. The molecule has 0 saturated heterocycles. The highest BCUT2D eigenvalue weighted by Gasteiger charge is 2.15. The Morgan fingerprint density at radius 1 is 1.36 bits per heavy atom. The van der Waals surface area contributed by atoms with Gasteiger partial charge in [0.1, 0.15) is 0 Å². The third-order valence-corrected chi connectivity index (χ3v) is 4.76. The maximum absolute atomic E-state index is 11.7. The quantitative estimate of drug-likeness (QED) is 0.945. The summed E-state index contributed by atoms with van der Waals surface area (Å²) in [7, 11) is 0. The van der Waals surface area contributed by atoms with Crippen molar-refractivity contribution in [2.75, 3.05) is 0 Å². The predicted molar refractivity (Wildman–Crippen MR) is 89.6 cm³/mol. The van der Waals surface area contributed by atoms with Crippen LogP contribution in [0.1, 0.15) is 43.2 Å². The van der Waals surface area contributed by atoms with Gasteiger partial charge in [0, 0.05) is 11.1 Å². The highest BCUT2D eigenvalue weighted by Crippen LogP contribution is 2.24. The number of hydrogen-bond donors (Lipinski definition) is 1. The van der Waals surface area contributed by atoms with Crippen LogP contribution in [0, 0.1) is 19.1 Å². The van der Waals surface area contributed by atoms with Crippen LogP contribution in [-0.4, -0.2) is 11.1 Å². The fourth-order valence-corrected chi connectivity index (χ4v) is 3.48. The molecule has 4 heteroatoms. The van der Waals surface area contributed by atoms with E-state index in [0.29, 0.717) is 15.3 Å². The topological polar surface area (TPSA) is 42.1 Å². The summed E-state index contributed by atoms with van der Waals surface area (Å²) in [6, 6.07) is 8.16. The molecule has 2 aromatic rings. The minimum atomic E-state index is -0.108. The third-order valence-electron chi connectivity index (χ3n) is 3.88. The van der Waals surface area contributed by atoms with E-state index in [-0.39, 0.29) is 5.56 Å². The summed E-state index contributed by atoms with van der Waals surface area (Å²) in [4.78, 5) is 14.4. The second-order valence-electron chi connectivity index (χ2n) is 5.73. The van der Waals surface area contributed by atoms with Crippen molar-refractivity contribution in [2.45, 2.75) is 45.1 Å². The molecule has 0 radical (unpaired) electrons. The van der Waals surface area contributed by atoms with Gasteiger partial charge < -0.3 is 9.72 Å². The Morgan fingerprint density at radius 2 is 2.14 bits per heavy atom. The molecular formula is C18H19NO2S. The standard InChI is InChI=1S/C18H19NO2S/c1-12-10-14(11-17-18(20)19-13(2)22-17)8-9-16(12)21-15-6-4-3-5-7-15/h10-11,15H,2-7H2,1H3,(H,19,20)/b17-11-. The minimum Gasteiger partial charge on any atom is -0.482 e. The molecule has 1 aliphatic rings. The molecule has 1 aromatic carbocycles. The zero-order chi connectivity index (χ0) is 15.5. The smallest absolute Gasteiger partial charge is 0.266 e. The number of ether oxygens (including phenoxy) is 1. The van der Waals surface area contributed by atoms with E-state index in [1.807, 2.05) is 19.1 Å². The maximum atomic E-state index is 11.7. The van der Waals surface area contributed by atoms with Crippen LogP contribution in [0.25, 0.3) is 12.7 Å². The predicted octanol–water partition coefficient (Wildman–Crippen LogP) is 2.30. The maximum Gasteiger partial charge on any atom is 0.266 e. The Balaban J connectivity index is 1.83. The molecule has 0 bridgehead atoms. The number of aromatic amines is 1. The van der Waals surface area contributed by atoms with Crippen LogP contribution in [-0.2, 0) is 0 Å². The molecule has 0 spiro atoms. The first-order chi connectivity index (χ1) is 10.6. The number of H-pyrrole nitrogens is 1. The Labute approximate surface area is 134 Å². The van der Waals surface area contributed by atoms with E-state index in [0.717, 1.165) is 29.7 Å². The molecule has 0 unspecified atom stereocenters. The number of rotatable bonds is 3. The largest absolute Gasteiger partial charge is 0.482 e. The summed E-state index contributed by atoms with van der Waals surface area (Å²) in [6.45, 7) is 5.75. The normalized spacial score (nSPS) is 16.5. The van der Waals surface area contributed by atoms with Crippen LogP contribution in [0.15, 0.2) is 10.9 Å². The first kappa shape index (κ1) is 14.9. The summed E-state index contributed by atoms with van der Waals surface area (Å²) in [5, 5.41) is 0. The van der Waals surface area contributed by atoms with Crippen LogP contribution in [0.5, 0.6) is 5.75 Å². The van der Waals surface area contributed by atoms with Gasteiger partial charge in [-0.1, -0.05) is 19.1 Å². The third kappa shape index (κ3) is 3.42. The van der Waals surface area contributed by atoms with E-state index in [4.69, 9.17) is 4.74 Å². The lowest BCUT2D eigenvalue weighted by Gasteiger charge is -2.22. The van der Waals surface area contributed by atoms with E-state index < -0.39 is 0 Å². The monoisotopic (exact) mass is 313 g/mol. The summed E-state index contributed by atoms with van der Waals surface area (Å²) >= 11 is 1.35. The molecule has 0 atom stereocenters. The van der Waals surface area contributed by atoms with Crippen molar-refractivity contribution < 1.29 is 4.74 Å². The fourth-order valence-electron chi connectivity index (χ4n) is 2.74. The lowest BCUT2D eigenvalue weighted by molar-refractivity contribution is 0.154. The Bertz CT molecular complexity index is 812. The van der Waals surface area contributed by atoms with Crippen LogP contribution in [0.4, 0.5) is 0 Å². The number of aryl methyl sites for hydroxylation is 1. The summed E-state index contributed by atoms with van der Waals surface area (Å²) in [5.41, 5.74) is 1.75. The van der Waals surface area contributed by atoms with Crippen molar-refractivity contribution in [2.24, 2.45) is 0 Å². The Kier molecular flexibility index (Phi) is 4.35. The average Bonchev–Trinajstić information content (AvgIpc) is 2.81. The highest BCUT2D eigenvalue weighted by atomic mass is 32.1. The van der Waals surface area contributed by atoms with E-state index in [2.05, 4.69) is 23.7 Å². The van der Waals surface area contributed by atoms with E-state index >= 15 is 0 Å². The van der Waals surface area contributed by atoms with Gasteiger partial charge in [-0.3, -0.25) is 4.79 Å². The van der Waals surface area contributed by atoms with Crippen molar-refractivity contribution in [1.29, 1.82) is 0 Å². The van der Waals surface area contributed by atoms with E-state index in [1.165, 1.54) is 30.6 Å². The van der Waals surface area contributed by atoms with Crippen LogP contribution < -0.4 is 19.5 Å². The number of hydrogen-bond acceptors (Lipinski definition) is 3. The number of thiazole rings is 1. The molecule has 1 aromatic heterocycles. The first-order valence-electron chi connectivity index (χ1n) is 7.63. The number of aromatic nitrogens is 1. The van der Waals surface area contributed by atoms with Gasteiger partial charge in [0.2, 0.25) is 0 Å². The van der Waals surface area contributed by atoms with Crippen molar-refractivity contribution >= 4 is 24.0 Å². The zero-order valence-corrected chi connectivity index (χ0v) is 13.5. The van der Waals surface area contributed by atoms with Crippen LogP contribution in [0.3, 0.4) is 0 Å². The molecule has 1 N–H and O–H groups in total. The molecule has 1 saturated carbocycles. The van der Waals surface area contributed by atoms with Crippen molar-refractivity contribution in [3.63, 3.8) is 0 Å². The van der Waals surface area contributed by atoms with Gasteiger partial charge in [0.25, 0.3) is 5.56 Å². The second-order valence-corrected chi connectivity index (χ2v) is 6.86. The van der Waals surface area contributed by atoms with Crippen LogP contribution >= 0.6 is 11.3 Å². The highest BCUT2D eigenvalue weighted by molar-refractivity contribution is 7.07. The molecule has 0 aliphatic heterocycles. The van der Waals surface area contributed by atoms with Gasteiger partial charge in [0.05, 0.1) is 15.3 Å². The second kappa shape index (κ2) is 6.41. The lowest BCUT2D eigenvalue weighted by atomic mass is 9.98. The molecule has 1 aliphatic carbocycles. The van der Waals surface area contributed by atoms with Gasteiger partial charge in [-0.2, -0.15) is 0 Å². The van der Waals surface area contributed by atoms with Gasteiger partial charge in [0.15, 0.2) is 5.75 Å². The Morgan fingerprint density at radius 3 is 2.77 bits per heavy atom. The molecule has 3 nitrogen and oxygen atoms in total. The van der Waals surface area contributed by atoms with Crippen LogP contribution in [0.2, 0.25) is 0 Å². The molecular weight excluding hydrogens is 294 g/mol. The lowest BCUT2D eigenvalue weighted by Crippen LogP contribution is -2.20. The van der Waals surface area contributed by atoms with Gasteiger partial charge >= 0.3 is 0 Å². The molecule has 0 amide bonds. The summed E-state index contributed by atoms with van der Waals surface area (Å²) < 4.78 is 7.34. The molecule has 114 valence electrons. The number of nitrogens with one attached hydrogen (secondary N) is 1. The molecule has 1 fully saturated rings. The first-order valence-corrected chi connectivity index (χ1v) is 8.44. The van der Waals surface area contributed by atoms with Crippen molar-refractivity contribution in [3.05, 3.63) is 48.9 Å². The van der Waals surface area contributed by atoms with E-state index in [9.17, 15) is 4.79 Å². The minimum absolute atomic E-state index is 0.108. The zero-order valence-electron chi connectivity index (χ0n) is 12.7.